The normalized spacial score (nSPS) is 15.5. The molecule has 0 bridgehead atoms. The van der Waals surface area contributed by atoms with Crippen molar-refractivity contribution in [2.75, 3.05) is 18.0 Å². The number of urea groups is 1. The van der Waals surface area contributed by atoms with Gasteiger partial charge in [0.25, 0.3) is 0 Å². The van der Waals surface area contributed by atoms with Gasteiger partial charge in [-0.25, -0.2) is 9.00 Å². The summed E-state index contributed by atoms with van der Waals surface area (Å²) in [6.07, 6.45) is 0. The van der Waals surface area contributed by atoms with Gasteiger partial charge >= 0.3 is 6.03 Å². The van der Waals surface area contributed by atoms with Crippen LogP contribution < -0.4 is 14.4 Å². The highest BCUT2D eigenvalue weighted by Gasteiger charge is 2.21. The van der Waals surface area contributed by atoms with Gasteiger partial charge in [0, 0.05) is 29.9 Å². The van der Waals surface area contributed by atoms with Gasteiger partial charge in [0.1, 0.15) is 5.75 Å². The van der Waals surface area contributed by atoms with Crippen LogP contribution in [0.4, 0.5) is 10.5 Å². The van der Waals surface area contributed by atoms with Crippen molar-refractivity contribution in [3.8, 4) is 5.75 Å². The summed E-state index contributed by atoms with van der Waals surface area (Å²) in [4.78, 5) is 13.7. The lowest BCUT2D eigenvalue weighted by atomic mass is 10.3. The number of hydrogen-bond acceptors (Lipinski definition) is 3. The summed E-state index contributed by atoms with van der Waals surface area (Å²) < 4.78 is 17.5. The summed E-state index contributed by atoms with van der Waals surface area (Å²) in [5, 5.41) is 3.25. The molecule has 1 unspecified atom stereocenters. The predicted molar refractivity (Wildman–Crippen MR) is 85.7 cm³/mol. The maximum atomic E-state index is 12.2. The SMILES string of the molecule is O=C1NCCN1c1ccc(S(=O)Oc2cccc(Cl)c2)cc1. The van der Waals surface area contributed by atoms with Crippen molar-refractivity contribution in [2.24, 2.45) is 0 Å². The minimum Gasteiger partial charge on any atom is -0.397 e. The third kappa shape index (κ3) is 3.23. The first-order chi connectivity index (χ1) is 10.6. The van der Waals surface area contributed by atoms with Gasteiger partial charge < -0.3 is 9.50 Å². The van der Waals surface area contributed by atoms with Crippen molar-refractivity contribution in [2.45, 2.75) is 4.90 Å². The molecule has 7 heteroatoms. The monoisotopic (exact) mass is 336 g/mol. The zero-order valence-electron chi connectivity index (χ0n) is 11.5. The molecule has 5 nitrogen and oxygen atoms in total. The van der Waals surface area contributed by atoms with Crippen LogP contribution >= 0.6 is 11.6 Å². The van der Waals surface area contributed by atoms with Crippen LogP contribution in [-0.4, -0.2) is 23.3 Å². The average Bonchev–Trinajstić information content (AvgIpc) is 2.93. The lowest BCUT2D eigenvalue weighted by Gasteiger charge is -2.14. The smallest absolute Gasteiger partial charge is 0.321 e. The summed E-state index contributed by atoms with van der Waals surface area (Å²) in [5.74, 6) is 0.439. The molecular weight excluding hydrogens is 324 g/mol. The van der Waals surface area contributed by atoms with E-state index in [1.807, 2.05) is 0 Å². The molecule has 2 aromatic carbocycles. The van der Waals surface area contributed by atoms with E-state index in [9.17, 15) is 9.00 Å². The molecule has 0 aromatic heterocycles. The molecule has 0 spiro atoms. The van der Waals surface area contributed by atoms with Gasteiger partial charge in [-0.05, 0) is 36.4 Å². The van der Waals surface area contributed by atoms with Gasteiger partial charge in [-0.15, -0.1) is 0 Å². The molecule has 114 valence electrons. The highest BCUT2D eigenvalue weighted by Crippen LogP contribution is 2.22. The highest BCUT2D eigenvalue weighted by atomic mass is 35.5. The number of carbonyl (C=O) groups is 1. The van der Waals surface area contributed by atoms with Crippen LogP contribution in [0, 0.1) is 0 Å². The van der Waals surface area contributed by atoms with Crippen molar-refractivity contribution in [3.63, 3.8) is 0 Å². The minimum atomic E-state index is -1.64. The molecule has 1 heterocycles. The Hall–Kier alpha value is -2.05. The maximum absolute atomic E-state index is 12.2. The predicted octanol–water partition coefficient (Wildman–Crippen LogP) is 2.97. The maximum Gasteiger partial charge on any atom is 0.321 e. The van der Waals surface area contributed by atoms with E-state index in [1.54, 1.807) is 53.4 Å². The third-order valence-electron chi connectivity index (χ3n) is 3.17. The number of halogens is 1. The number of carbonyl (C=O) groups excluding carboxylic acids is 1. The summed E-state index contributed by atoms with van der Waals surface area (Å²) in [7, 11) is 0. The van der Waals surface area contributed by atoms with Gasteiger partial charge in [0.15, 0.2) is 0 Å². The first-order valence-corrected chi connectivity index (χ1v) is 8.10. The van der Waals surface area contributed by atoms with Gasteiger partial charge in [-0.1, -0.05) is 17.7 Å². The highest BCUT2D eigenvalue weighted by molar-refractivity contribution is 7.80. The number of nitrogens with one attached hydrogen (secondary N) is 1. The average molecular weight is 337 g/mol. The Morgan fingerprint density at radius 1 is 1.18 bits per heavy atom. The first kappa shape index (κ1) is 14.9. The summed E-state index contributed by atoms with van der Waals surface area (Å²) in [5.41, 5.74) is 0.763. The van der Waals surface area contributed by atoms with E-state index in [2.05, 4.69) is 5.32 Å². The zero-order valence-corrected chi connectivity index (χ0v) is 13.1. The topological polar surface area (TPSA) is 58.6 Å². The Labute approximate surface area is 135 Å². The molecule has 2 aromatic rings. The van der Waals surface area contributed by atoms with E-state index in [-0.39, 0.29) is 6.03 Å². The number of benzene rings is 2. The molecule has 1 aliphatic rings. The lowest BCUT2D eigenvalue weighted by molar-refractivity contribution is 0.252. The molecule has 1 saturated heterocycles. The van der Waals surface area contributed by atoms with Gasteiger partial charge in [0.05, 0.1) is 4.90 Å². The number of rotatable bonds is 4. The van der Waals surface area contributed by atoms with Crippen LogP contribution in [0.1, 0.15) is 0 Å². The van der Waals surface area contributed by atoms with Crippen LogP contribution in [0.5, 0.6) is 5.75 Å². The Morgan fingerprint density at radius 3 is 2.59 bits per heavy atom. The fourth-order valence-electron chi connectivity index (χ4n) is 2.11. The molecule has 1 aliphatic heterocycles. The van der Waals surface area contributed by atoms with Crippen molar-refractivity contribution < 1.29 is 13.2 Å². The van der Waals surface area contributed by atoms with E-state index >= 15 is 0 Å². The number of amides is 2. The van der Waals surface area contributed by atoms with Crippen LogP contribution in [0.15, 0.2) is 53.4 Å². The second-order valence-electron chi connectivity index (χ2n) is 4.65. The second-order valence-corrected chi connectivity index (χ2v) is 6.20. The Balaban J connectivity index is 1.72. The first-order valence-electron chi connectivity index (χ1n) is 6.64. The minimum absolute atomic E-state index is 0.121. The van der Waals surface area contributed by atoms with E-state index in [1.165, 1.54) is 0 Å². The van der Waals surface area contributed by atoms with E-state index < -0.39 is 11.1 Å². The van der Waals surface area contributed by atoms with Crippen molar-refractivity contribution in [1.29, 1.82) is 0 Å². The largest absolute Gasteiger partial charge is 0.397 e. The molecule has 1 atom stereocenters. The summed E-state index contributed by atoms with van der Waals surface area (Å²) >= 11 is 4.22. The van der Waals surface area contributed by atoms with Crippen LogP contribution in [0.3, 0.4) is 0 Å². The van der Waals surface area contributed by atoms with E-state index in [4.69, 9.17) is 15.8 Å². The van der Waals surface area contributed by atoms with E-state index in [0.717, 1.165) is 5.69 Å². The Morgan fingerprint density at radius 2 is 1.95 bits per heavy atom. The lowest BCUT2D eigenvalue weighted by Crippen LogP contribution is -2.27. The standard InChI is InChI=1S/C15H13ClN2O3S/c16-11-2-1-3-13(10-11)21-22(20)14-6-4-12(5-7-14)18-9-8-17-15(18)19/h1-7,10H,8-9H2,(H,17,19). The van der Waals surface area contributed by atoms with Gasteiger partial charge in [-0.2, -0.15) is 0 Å². The molecule has 1 N–H and O–H groups in total. The fraction of sp³-hybridized carbons (Fsp3) is 0.133. The van der Waals surface area contributed by atoms with Crippen LogP contribution in [0.2, 0.25) is 5.02 Å². The van der Waals surface area contributed by atoms with Crippen LogP contribution in [-0.2, 0) is 11.1 Å². The Kier molecular flexibility index (Phi) is 4.31. The van der Waals surface area contributed by atoms with Crippen molar-refractivity contribution in [3.05, 3.63) is 53.6 Å². The number of hydrogen-bond donors (Lipinski definition) is 1. The number of nitrogens with zero attached hydrogens (tertiary/aromatic N) is 1. The molecule has 2 amide bonds. The molecule has 22 heavy (non-hydrogen) atoms. The fourth-order valence-corrected chi connectivity index (χ4v) is 3.02. The summed E-state index contributed by atoms with van der Waals surface area (Å²) in [6.45, 7) is 1.25. The third-order valence-corrected chi connectivity index (χ3v) is 4.40. The van der Waals surface area contributed by atoms with Crippen molar-refractivity contribution >= 4 is 34.4 Å². The second kappa shape index (κ2) is 6.37. The molecule has 0 radical (unpaired) electrons. The quantitative estimate of drug-likeness (QED) is 0.933. The van der Waals surface area contributed by atoms with Crippen LogP contribution in [0.25, 0.3) is 0 Å². The summed E-state index contributed by atoms with van der Waals surface area (Å²) in [6, 6.07) is 13.5. The zero-order chi connectivity index (χ0) is 15.5. The Bertz CT molecular complexity index is 721. The van der Waals surface area contributed by atoms with Gasteiger partial charge in [0.2, 0.25) is 11.1 Å². The molecule has 0 aliphatic carbocycles. The molecule has 1 fully saturated rings. The van der Waals surface area contributed by atoms with E-state index in [0.29, 0.717) is 28.8 Å². The van der Waals surface area contributed by atoms with Gasteiger partial charge in [-0.3, -0.25) is 4.90 Å². The molecular formula is C15H13ClN2O3S. The van der Waals surface area contributed by atoms with Crippen molar-refractivity contribution in [1.82, 2.24) is 5.32 Å². The number of anilines is 1. The molecule has 3 rings (SSSR count). The molecule has 0 saturated carbocycles.